The molecule has 0 bridgehead atoms. The Morgan fingerprint density at radius 1 is 1.28 bits per heavy atom. The van der Waals surface area contributed by atoms with Crippen LogP contribution in [0, 0.1) is 5.82 Å². The quantitative estimate of drug-likeness (QED) is 0.659. The molecule has 0 fully saturated rings. The number of thiazole rings is 1. The third-order valence-electron chi connectivity index (χ3n) is 5.18. The zero-order valence-corrected chi connectivity index (χ0v) is 16.9. The SMILES string of the molecule is C[C@H]1C[C@@H](C(N)=O)c2ccccc2N1Cc1csc(COc2ccc(F)cc2)n1. The molecule has 1 amide bonds. The summed E-state index contributed by atoms with van der Waals surface area (Å²) in [6, 6.07) is 14.0. The highest BCUT2D eigenvalue weighted by Gasteiger charge is 2.33. The molecule has 2 aromatic carbocycles. The molecular weight excluding hydrogens is 389 g/mol. The van der Waals surface area contributed by atoms with E-state index in [-0.39, 0.29) is 23.7 Å². The van der Waals surface area contributed by atoms with Crippen molar-refractivity contribution in [3.05, 3.63) is 76.0 Å². The number of nitrogens with zero attached hydrogens (tertiary/aromatic N) is 2. The van der Waals surface area contributed by atoms with Gasteiger partial charge in [-0.25, -0.2) is 9.37 Å². The lowest BCUT2D eigenvalue weighted by Crippen LogP contribution is -2.41. The van der Waals surface area contributed by atoms with Gasteiger partial charge in [0.1, 0.15) is 23.2 Å². The fourth-order valence-corrected chi connectivity index (χ4v) is 4.42. The molecule has 1 aliphatic rings. The Morgan fingerprint density at radius 3 is 2.79 bits per heavy atom. The summed E-state index contributed by atoms with van der Waals surface area (Å²) >= 11 is 1.54. The molecule has 0 radical (unpaired) electrons. The van der Waals surface area contributed by atoms with E-state index < -0.39 is 0 Å². The van der Waals surface area contributed by atoms with Crippen molar-refractivity contribution < 1.29 is 13.9 Å². The number of rotatable bonds is 6. The zero-order valence-electron chi connectivity index (χ0n) is 16.0. The fraction of sp³-hybridized carbons (Fsp3) is 0.273. The number of hydrogen-bond donors (Lipinski definition) is 1. The minimum Gasteiger partial charge on any atom is -0.486 e. The van der Waals surface area contributed by atoms with Crippen molar-refractivity contribution >= 4 is 22.9 Å². The van der Waals surface area contributed by atoms with Crippen LogP contribution in [0.5, 0.6) is 5.75 Å². The molecule has 0 spiro atoms. The molecule has 150 valence electrons. The fourth-order valence-electron chi connectivity index (χ4n) is 3.73. The van der Waals surface area contributed by atoms with Crippen molar-refractivity contribution in [2.24, 2.45) is 5.73 Å². The maximum absolute atomic E-state index is 13.0. The summed E-state index contributed by atoms with van der Waals surface area (Å²) in [4.78, 5) is 18.9. The van der Waals surface area contributed by atoms with E-state index in [2.05, 4.69) is 16.8 Å². The minimum atomic E-state index is -0.289. The van der Waals surface area contributed by atoms with Crippen molar-refractivity contribution in [1.82, 2.24) is 4.98 Å². The zero-order chi connectivity index (χ0) is 20.4. The van der Waals surface area contributed by atoms with Crippen molar-refractivity contribution in [3.63, 3.8) is 0 Å². The van der Waals surface area contributed by atoms with E-state index in [1.165, 1.54) is 23.5 Å². The first kappa shape index (κ1) is 19.4. The first-order valence-corrected chi connectivity index (χ1v) is 10.4. The number of ether oxygens (including phenoxy) is 1. The van der Waals surface area contributed by atoms with E-state index in [1.54, 1.807) is 12.1 Å². The van der Waals surface area contributed by atoms with E-state index in [4.69, 9.17) is 10.5 Å². The number of fused-ring (bicyclic) bond motifs is 1. The Bertz CT molecular complexity index is 1010. The molecule has 3 aromatic rings. The van der Waals surface area contributed by atoms with Crippen LogP contribution in [-0.2, 0) is 17.9 Å². The Labute approximate surface area is 172 Å². The molecule has 7 heteroatoms. The molecule has 0 saturated carbocycles. The minimum absolute atomic E-state index is 0.169. The molecule has 2 N–H and O–H groups in total. The van der Waals surface area contributed by atoms with E-state index in [0.29, 0.717) is 25.3 Å². The Morgan fingerprint density at radius 2 is 2.03 bits per heavy atom. The van der Waals surface area contributed by atoms with Gasteiger partial charge in [-0.05, 0) is 49.2 Å². The summed E-state index contributed by atoms with van der Waals surface area (Å²) in [6.07, 6.45) is 0.691. The van der Waals surface area contributed by atoms with Crippen LogP contribution in [-0.4, -0.2) is 16.9 Å². The van der Waals surface area contributed by atoms with Crippen LogP contribution in [0.2, 0.25) is 0 Å². The molecule has 2 atom stereocenters. The first-order valence-electron chi connectivity index (χ1n) is 9.48. The Kier molecular flexibility index (Phi) is 5.49. The molecule has 2 heterocycles. The van der Waals surface area contributed by atoms with Crippen molar-refractivity contribution in [1.29, 1.82) is 0 Å². The van der Waals surface area contributed by atoms with Crippen LogP contribution in [0.3, 0.4) is 0 Å². The number of benzene rings is 2. The Balaban J connectivity index is 1.47. The van der Waals surface area contributed by atoms with Gasteiger partial charge in [0.2, 0.25) is 5.91 Å². The molecule has 0 unspecified atom stereocenters. The summed E-state index contributed by atoms with van der Waals surface area (Å²) in [5.74, 6) is -0.215. The third-order valence-corrected chi connectivity index (χ3v) is 6.05. The number of carbonyl (C=O) groups is 1. The van der Waals surface area contributed by atoms with Gasteiger partial charge in [0.05, 0.1) is 18.2 Å². The summed E-state index contributed by atoms with van der Waals surface area (Å²) in [5, 5.41) is 2.89. The highest BCUT2D eigenvalue weighted by molar-refractivity contribution is 7.09. The van der Waals surface area contributed by atoms with Crippen molar-refractivity contribution in [3.8, 4) is 5.75 Å². The van der Waals surface area contributed by atoms with Crippen molar-refractivity contribution in [2.75, 3.05) is 4.90 Å². The summed E-state index contributed by atoms with van der Waals surface area (Å²) in [7, 11) is 0. The first-order chi connectivity index (χ1) is 14.0. The van der Waals surface area contributed by atoms with Crippen LogP contribution in [0.1, 0.15) is 35.5 Å². The second-order valence-electron chi connectivity index (χ2n) is 7.20. The van der Waals surface area contributed by atoms with Crippen LogP contribution in [0.4, 0.5) is 10.1 Å². The van der Waals surface area contributed by atoms with Gasteiger partial charge in [-0.2, -0.15) is 0 Å². The van der Waals surface area contributed by atoms with E-state index in [0.717, 1.165) is 22.0 Å². The van der Waals surface area contributed by atoms with Gasteiger partial charge in [-0.15, -0.1) is 11.3 Å². The Hall–Kier alpha value is -2.93. The maximum atomic E-state index is 13.0. The number of halogens is 1. The van der Waals surface area contributed by atoms with Gasteiger partial charge >= 0.3 is 0 Å². The lowest BCUT2D eigenvalue weighted by molar-refractivity contribution is -0.119. The average Bonchev–Trinajstić information content (AvgIpc) is 3.17. The lowest BCUT2D eigenvalue weighted by atomic mass is 9.85. The normalized spacial score (nSPS) is 18.3. The number of para-hydroxylation sites is 1. The van der Waals surface area contributed by atoms with Crippen LogP contribution in [0.15, 0.2) is 53.9 Å². The highest BCUT2D eigenvalue weighted by atomic mass is 32.1. The number of hydrogen-bond acceptors (Lipinski definition) is 5. The van der Waals surface area contributed by atoms with Crippen molar-refractivity contribution in [2.45, 2.75) is 38.5 Å². The van der Waals surface area contributed by atoms with Gasteiger partial charge in [-0.3, -0.25) is 4.79 Å². The lowest BCUT2D eigenvalue weighted by Gasteiger charge is -2.39. The highest BCUT2D eigenvalue weighted by Crippen LogP contribution is 2.39. The van der Waals surface area contributed by atoms with E-state index in [9.17, 15) is 9.18 Å². The molecule has 4 rings (SSSR count). The van der Waals surface area contributed by atoms with E-state index in [1.807, 2.05) is 29.6 Å². The van der Waals surface area contributed by atoms with Crippen LogP contribution in [0.25, 0.3) is 0 Å². The number of anilines is 1. The predicted octanol–water partition coefficient (Wildman–Crippen LogP) is 4.23. The van der Waals surface area contributed by atoms with Gasteiger partial charge in [0.15, 0.2) is 0 Å². The second-order valence-corrected chi connectivity index (χ2v) is 8.14. The van der Waals surface area contributed by atoms with Crippen LogP contribution < -0.4 is 15.4 Å². The standard InChI is InChI=1S/C22H22FN3O2S/c1-14-10-19(22(24)27)18-4-2-3-5-20(18)26(14)11-16-13-29-21(25-16)12-28-17-8-6-15(23)7-9-17/h2-9,13-14,19H,10-12H2,1H3,(H2,24,27)/t14-,19+/m0/s1. The van der Waals surface area contributed by atoms with E-state index >= 15 is 0 Å². The molecule has 0 aliphatic carbocycles. The summed E-state index contributed by atoms with van der Waals surface area (Å²) in [5.41, 5.74) is 8.60. The summed E-state index contributed by atoms with van der Waals surface area (Å²) in [6.45, 7) is 3.10. The molecule has 1 aliphatic heterocycles. The molecular formula is C22H22FN3O2S. The number of carbonyl (C=O) groups excluding carboxylic acids is 1. The third kappa shape index (κ3) is 4.24. The molecule has 5 nitrogen and oxygen atoms in total. The van der Waals surface area contributed by atoms with Gasteiger partial charge < -0.3 is 15.4 Å². The average molecular weight is 412 g/mol. The van der Waals surface area contributed by atoms with Gasteiger partial charge in [0, 0.05) is 17.1 Å². The largest absolute Gasteiger partial charge is 0.486 e. The monoisotopic (exact) mass is 411 g/mol. The smallest absolute Gasteiger partial charge is 0.225 e. The maximum Gasteiger partial charge on any atom is 0.225 e. The molecule has 29 heavy (non-hydrogen) atoms. The molecule has 0 saturated heterocycles. The topological polar surface area (TPSA) is 68.5 Å². The number of primary amides is 1. The number of amides is 1. The molecule has 1 aromatic heterocycles. The summed E-state index contributed by atoms with van der Waals surface area (Å²) < 4.78 is 18.7. The van der Waals surface area contributed by atoms with Gasteiger partial charge in [0.25, 0.3) is 0 Å². The van der Waals surface area contributed by atoms with Gasteiger partial charge in [-0.1, -0.05) is 18.2 Å². The number of aromatic nitrogens is 1. The second kappa shape index (κ2) is 8.21. The predicted molar refractivity (Wildman–Crippen MR) is 111 cm³/mol. The number of nitrogens with two attached hydrogens (primary N) is 1. The van der Waals surface area contributed by atoms with Crippen LogP contribution >= 0.6 is 11.3 Å².